The van der Waals surface area contributed by atoms with Crippen molar-refractivity contribution in [3.8, 4) is 0 Å². The normalized spacial score (nSPS) is 40.9. The summed E-state index contributed by atoms with van der Waals surface area (Å²) in [4.78, 5) is 35.9. The van der Waals surface area contributed by atoms with Crippen LogP contribution in [0.25, 0.3) is 0 Å². The summed E-state index contributed by atoms with van der Waals surface area (Å²) in [6.07, 6.45) is -2.68. The van der Waals surface area contributed by atoms with Gasteiger partial charge in [-0.15, -0.1) is 0 Å². The van der Waals surface area contributed by atoms with Gasteiger partial charge in [0, 0.05) is 25.8 Å². The Bertz CT molecular complexity index is 725. The van der Waals surface area contributed by atoms with Gasteiger partial charge in [0.1, 0.15) is 6.10 Å². The third-order valence-corrected chi connectivity index (χ3v) is 5.55. The summed E-state index contributed by atoms with van der Waals surface area (Å²) in [7, 11) is 0. The molecule has 1 fully saturated rings. The van der Waals surface area contributed by atoms with Gasteiger partial charge < -0.3 is 29.2 Å². The van der Waals surface area contributed by atoms with Crippen LogP contribution in [-0.2, 0) is 33.3 Å². The molecule has 0 bridgehead atoms. The van der Waals surface area contributed by atoms with Gasteiger partial charge in [-0.3, -0.25) is 14.4 Å². The number of aliphatic hydroxyl groups excluding tert-OH is 1. The molecule has 3 aliphatic rings. The highest BCUT2D eigenvalue weighted by atomic mass is 16.7. The number of esters is 2. The molecule has 3 rings (SSSR count). The van der Waals surface area contributed by atoms with E-state index in [9.17, 15) is 24.6 Å². The zero-order valence-electron chi connectivity index (χ0n) is 16.4. The molecule has 6 atom stereocenters. The molecule has 156 valence electrons. The lowest BCUT2D eigenvalue weighted by atomic mass is 9.72. The third kappa shape index (κ3) is 3.47. The first kappa shape index (κ1) is 20.9. The molecule has 2 N–H and O–H groups in total. The first-order chi connectivity index (χ1) is 13.0. The van der Waals surface area contributed by atoms with Crippen LogP contribution in [0.5, 0.6) is 0 Å². The summed E-state index contributed by atoms with van der Waals surface area (Å²) >= 11 is 0. The van der Waals surface area contributed by atoms with Crippen molar-refractivity contribution in [3.05, 3.63) is 11.1 Å². The maximum atomic E-state index is 12.7. The zero-order valence-corrected chi connectivity index (χ0v) is 16.4. The first-order valence-corrected chi connectivity index (χ1v) is 9.31. The fourth-order valence-electron chi connectivity index (χ4n) is 4.15. The van der Waals surface area contributed by atoms with Gasteiger partial charge >= 0.3 is 11.9 Å². The van der Waals surface area contributed by atoms with Crippen molar-refractivity contribution in [2.75, 3.05) is 6.61 Å². The van der Waals surface area contributed by atoms with E-state index in [2.05, 4.69) is 0 Å². The summed E-state index contributed by atoms with van der Waals surface area (Å²) in [5, 5.41) is 21.0. The Kier molecular flexibility index (Phi) is 5.39. The molecule has 0 amide bonds. The minimum atomic E-state index is -2.12. The second-order valence-electron chi connectivity index (χ2n) is 7.84. The van der Waals surface area contributed by atoms with Crippen molar-refractivity contribution in [1.82, 2.24) is 0 Å². The molecule has 1 aliphatic carbocycles. The van der Waals surface area contributed by atoms with Crippen molar-refractivity contribution in [1.29, 1.82) is 0 Å². The summed E-state index contributed by atoms with van der Waals surface area (Å²) in [6.45, 7) is 5.26. The van der Waals surface area contributed by atoms with Gasteiger partial charge in [-0.05, 0) is 32.3 Å². The van der Waals surface area contributed by atoms with Crippen molar-refractivity contribution >= 4 is 17.7 Å². The smallest absolute Gasteiger partial charge is 0.303 e. The van der Waals surface area contributed by atoms with Crippen LogP contribution >= 0.6 is 0 Å². The Hall–Kier alpha value is -1.81. The van der Waals surface area contributed by atoms with Crippen LogP contribution in [0.1, 0.15) is 47.0 Å². The average Bonchev–Trinajstić information content (AvgIpc) is 2.59. The van der Waals surface area contributed by atoms with Gasteiger partial charge in [-0.2, -0.15) is 0 Å². The molecule has 28 heavy (non-hydrogen) atoms. The Labute approximate surface area is 162 Å². The molecule has 9 nitrogen and oxygen atoms in total. The van der Waals surface area contributed by atoms with E-state index in [0.29, 0.717) is 18.4 Å². The lowest BCUT2D eigenvalue weighted by Gasteiger charge is -2.50. The highest BCUT2D eigenvalue weighted by Gasteiger charge is 2.58. The van der Waals surface area contributed by atoms with Crippen LogP contribution < -0.4 is 0 Å². The molecular weight excluding hydrogens is 372 g/mol. The van der Waals surface area contributed by atoms with Gasteiger partial charge in [-0.1, -0.05) is 0 Å². The molecule has 0 aromatic carbocycles. The maximum absolute atomic E-state index is 12.7. The zero-order chi connectivity index (χ0) is 20.9. The van der Waals surface area contributed by atoms with E-state index < -0.39 is 47.4 Å². The summed E-state index contributed by atoms with van der Waals surface area (Å²) in [5.41, 5.74) is -1.67. The number of aliphatic hydroxyl groups is 2. The fourth-order valence-corrected chi connectivity index (χ4v) is 4.15. The van der Waals surface area contributed by atoms with E-state index in [1.54, 1.807) is 0 Å². The number of carbonyl (C=O) groups is 3. The van der Waals surface area contributed by atoms with E-state index in [0.717, 1.165) is 0 Å². The Balaban J connectivity index is 2.03. The van der Waals surface area contributed by atoms with Crippen LogP contribution in [-0.4, -0.2) is 70.3 Å². The molecule has 9 heteroatoms. The quantitative estimate of drug-likeness (QED) is 0.625. The van der Waals surface area contributed by atoms with Crippen LogP contribution in [0.4, 0.5) is 0 Å². The van der Waals surface area contributed by atoms with Gasteiger partial charge in [0.15, 0.2) is 23.6 Å². The molecule has 2 aliphatic heterocycles. The van der Waals surface area contributed by atoms with Crippen LogP contribution in [0.15, 0.2) is 11.1 Å². The number of rotatable bonds is 2. The topological polar surface area (TPSA) is 129 Å². The molecular formula is C19H26O9. The predicted molar refractivity (Wildman–Crippen MR) is 92.9 cm³/mol. The van der Waals surface area contributed by atoms with Crippen molar-refractivity contribution < 1.29 is 43.5 Å². The highest BCUT2D eigenvalue weighted by molar-refractivity contribution is 6.04. The van der Waals surface area contributed by atoms with E-state index in [1.807, 2.05) is 6.92 Å². The van der Waals surface area contributed by atoms with Gasteiger partial charge in [0.25, 0.3) is 0 Å². The van der Waals surface area contributed by atoms with Crippen molar-refractivity contribution in [2.45, 2.75) is 82.8 Å². The lowest BCUT2D eigenvalue weighted by Crippen LogP contribution is -2.63. The fraction of sp³-hybridized carbons (Fsp3) is 0.737. The van der Waals surface area contributed by atoms with Crippen molar-refractivity contribution in [2.24, 2.45) is 0 Å². The highest BCUT2D eigenvalue weighted by Crippen LogP contribution is 2.46. The van der Waals surface area contributed by atoms with Crippen LogP contribution in [0.3, 0.4) is 0 Å². The molecule has 0 saturated carbocycles. The molecule has 1 spiro atoms. The number of ketones is 1. The van der Waals surface area contributed by atoms with E-state index >= 15 is 0 Å². The van der Waals surface area contributed by atoms with Gasteiger partial charge in [-0.25, -0.2) is 0 Å². The minimum Gasteiger partial charge on any atom is -0.457 e. The van der Waals surface area contributed by atoms with Gasteiger partial charge in [0.05, 0.1) is 12.7 Å². The van der Waals surface area contributed by atoms with E-state index in [4.69, 9.17) is 18.9 Å². The summed E-state index contributed by atoms with van der Waals surface area (Å²) in [6, 6.07) is 0. The Morgan fingerprint density at radius 1 is 1.18 bits per heavy atom. The minimum absolute atomic E-state index is 0.0402. The van der Waals surface area contributed by atoms with E-state index in [1.165, 1.54) is 20.8 Å². The lowest BCUT2D eigenvalue weighted by molar-refractivity contribution is -0.322. The molecule has 6 unspecified atom stereocenters. The Morgan fingerprint density at radius 2 is 1.82 bits per heavy atom. The number of carbonyl (C=O) groups excluding carboxylic acids is 3. The maximum Gasteiger partial charge on any atom is 0.303 e. The largest absolute Gasteiger partial charge is 0.457 e. The SMILES string of the molecule is CC(=O)OC1C2=C(COC3(C2)OC(C)CCC3OC(C)=O)C(=O)C(C)(O)C1O. The number of Topliss-reactive ketones (excluding diaryl/α,β-unsaturated/α-hetero) is 1. The van der Waals surface area contributed by atoms with Crippen LogP contribution in [0.2, 0.25) is 0 Å². The molecule has 0 aromatic heterocycles. The standard InChI is InChI=1S/C19H26O9/c1-9-5-6-14(26-10(2)20)19(28-9)7-12-13(8-25-19)16(22)18(4,24)17(23)15(12)27-11(3)21/h9,14-15,17,23-24H,5-8H2,1-4H3. The second-order valence-corrected chi connectivity index (χ2v) is 7.84. The summed E-state index contributed by atoms with van der Waals surface area (Å²) < 4.78 is 22.6. The van der Waals surface area contributed by atoms with Crippen molar-refractivity contribution in [3.63, 3.8) is 0 Å². The molecule has 0 radical (unpaired) electrons. The van der Waals surface area contributed by atoms with Gasteiger partial charge in [0.2, 0.25) is 5.79 Å². The molecule has 0 aromatic rings. The molecule has 2 heterocycles. The Morgan fingerprint density at radius 3 is 2.43 bits per heavy atom. The van der Waals surface area contributed by atoms with E-state index in [-0.39, 0.29) is 24.7 Å². The monoisotopic (exact) mass is 398 g/mol. The second kappa shape index (κ2) is 7.22. The number of ether oxygens (including phenoxy) is 4. The first-order valence-electron chi connectivity index (χ1n) is 9.31. The molecule has 1 saturated heterocycles. The third-order valence-electron chi connectivity index (χ3n) is 5.55. The number of hydrogen-bond acceptors (Lipinski definition) is 9. The number of hydrogen-bond donors (Lipinski definition) is 2. The van der Waals surface area contributed by atoms with Crippen LogP contribution in [0, 0.1) is 0 Å². The summed E-state index contributed by atoms with van der Waals surface area (Å²) in [5.74, 6) is -3.22. The average molecular weight is 398 g/mol. The predicted octanol–water partition coefficient (Wildman–Crippen LogP) is 0.156.